The quantitative estimate of drug-likeness (QED) is 0.117. The molecule has 16 nitrogen and oxygen atoms in total. The fraction of sp³-hybridized carbons (Fsp3) is 0.529. The van der Waals surface area contributed by atoms with Gasteiger partial charge in [0.05, 0.1) is 25.2 Å². The van der Waals surface area contributed by atoms with Crippen LogP contribution in [0.3, 0.4) is 0 Å². The first kappa shape index (κ1) is 28.8. The van der Waals surface area contributed by atoms with Crippen LogP contribution in [-0.2, 0) is 38.4 Å². The summed E-state index contributed by atoms with van der Waals surface area (Å²) in [7, 11) is 0. The Kier molecular flexibility index (Phi) is 11.5. The molecule has 0 aliphatic rings. The van der Waals surface area contributed by atoms with Crippen molar-refractivity contribution in [2.24, 2.45) is 5.92 Å². The van der Waals surface area contributed by atoms with Crippen molar-refractivity contribution in [3.8, 4) is 0 Å². The standard InChI is InChI=1S/C17H23N3O13/c1-6(14(26)27)2-10(21)18-7(15(28)29)3-11(22)19-8(16(30)31)4-12(23)20-9(17(32)33)5-13(24)25/h6-9H,2-5H2,1H3,(H,18,21)(H,19,22)(H,20,23)(H,24,25)(H,26,27)(H,28,29)(H,30,31)(H,32,33). The average molecular weight is 477 g/mol. The van der Waals surface area contributed by atoms with Gasteiger partial charge in [0.1, 0.15) is 18.1 Å². The summed E-state index contributed by atoms with van der Waals surface area (Å²) in [6, 6.07) is -5.64. The highest BCUT2D eigenvalue weighted by Crippen LogP contribution is 2.04. The van der Waals surface area contributed by atoms with Crippen molar-refractivity contribution in [1.82, 2.24) is 16.0 Å². The van der Waals surface area contributed by atoms with Gasteiger partial charge in [-0.1, -0.05) is 6.92 Å². The predicted octanol–water partition coefficient (Wildman–Crippen LogP) is -2.94. The van der Waals surface area contributed by atoms with E-state index >= 15 is 0 Å². The van der Waals surface area contributed by atoms with Gasteiger partial charge < -0.3 is 41.5 Å². The van der Waals surface area contributed by atoms with Crippen molar-refractivity contribution in [1.29, 1.82) is 0 Å². The van der Waals surface area contributed by atoms with E-state index in [1.165, 1.54) is 6.92 Å². The van der Waals surface area contributed by atoms with E-state index in [4.69, 9.17) is 25.5 Å². The van der Waals surface area contributed by atoms with E-state index in [0.29, 0.717) is 0 Å². The fourth-order valence-corrected chi connectivity index (χ4v) is 2.27. The van der Waals surface area contributed by atoms with Crippen LogP contribution in [0.2, 0.25) is 0 Å². The highest BCUT2D eigenvalue weighted by Gasteiger charge is 2.30. The summed E-state index contributed by atoms with van der Waals surface area (Å²) in [6.07, 6.45) is -3.55. The van der Waals surface area contributed by atoms with Gasteiger partial charge in [0.15, 0.2) is 0 Å². The molecule has 0 aromatic heterocycles. The number of amides is 3. The number of carboxylic acid groups (broad SMARTS) is 5. The van der Waals surface area contributed by atoms with Crippen LogP contribution in [0, 0.1) is 5.92 Å². The van der Waals surface area contributed by atoms with Gasteiger partial charge in [0, 0.05) is 6.42 Å². The predicted molar refractivity (Wildman–Crippen MR) is 102 cm³/mol. The van der Waals surface area contributed by atoms with Gasteiger partial charge in [-0.15, -0.1) is 0 Å². The molecular formula is C17H23N3O13. The minimum Gasteiger partial charge on any atom is -0.481 e. The van der Waals surface area contributed by atoms with E-state index in [9.17, 15) is 38.4 Å². The van der Waals surface area contributed by atoms with E-state index in [2.05, 4.69) is 0 Å². The molecule has 0 aromatic carbocycles. The molecule has 0 aromatic rings. The maximum atomic E-state index is 12.1. The molecule has 0 spiro atoms. The lowest BCUT2D eigenvalue weighted by Gasteiger charge is -2.19. The molecule has 0 bridgehead atoms. The number of hydrogen-bond acceptors (Lipinski definition) is 8. The Morgan fingerprint density at radius 1 is 0.515 bits per heavy atom. The molecule has 0 aliphatic carbocycles. The van der Waals surface area contributed by atoms with Crippen LogP contribution in [0.5, 0.6) is 0 Å². The molecule has 184 valence electrons. The first-order valence-corrected chi connectivity index (χ1v) is 9.15. The Bertz CT molecular complexity index is 825. The molecule has 33 heavy (non-hydrogen) atoms. The molecule has 3 amide bonds. The van der Waals surface area contributed by atoms with Gasteiger partial charge in [0.2, 0.25) is 17.7 Å². The zero-order valence-corrected chi connectivity index (χ0v) is 17.1. The third-order valence-electron chi connectivity index (χ3n) is 3.97. The van der Waals surface area contributed by atoms with E-state index in [1.54, 1.807) is 5.32 Å². The average Bonchev–Trinajstić information content (AvgIpc) is 2.65. The minimum absolute atomic E-state index is 0.584. The molecule has 8 N–H and O–H groups in total. The van der Waals surface area contributed by atoms with Crippen molar-refractivity contribution in [3.05, 3.63) is 0 Å². The molecule has 0 heterocycles. The normalized spacial score (nSPS) is 14.0. The summed E-state index contributed by atoms with van der Waals surface area (Å²) in [5.74, 6) is -12.5. The highest BCUT2D eigenvalue weighted by molar-refractivity contribution is 5.93. The van der Waals surface area contributed by atoms with Gasteiger partial charge >= 0.3 is 29.8 Å². The van der Waals surface area contributed by atoms with Crippen LogP contribution in [-0.4, -0.2) is 91.2 Å². The van der Waals surface area contributed by atoms with Crippen molar-refractivity contribution in [2.45, 2.75) is 50.7 Å². The fourth-order valence-electron chi connectivity index (χ4n) is 2.27. The second kappa shape index (κ2) is 13.2. The monoisotopic (exact) mass is 477 g/mol. The summed E-state index contributed by atoms with van der Waals surface area (Å²) in [6.45, 7) is 1.19. The molecule has 0 fully saturated rings. The van der Waals surface area contributed by atoms with Crippen LogP contribution in [0.4, 0.5) is 0 Å². The molecule has 0 aliphatic heterocycles. The summed E-state index contributed by atoms with van der Waals surface area (Å²) in [5, 5.41) is 50.1. The number of aliphatic carboxylic acids is 5. The Balaban J connectivity index is 5.06. The molecule has 0 saturated heterocycles. The number of hydrogen-bond donors (Lipinski definition) is 8. The number of nitrogens with one attached hydrogen (secondary N) is 3. The zero-order valence-electron chi connectivity index (χ0n) is 17.1. The van der Waals surface area contributed by atoms with Crippen molar-refractivity contribution in [2.75, 3.05) is 0 Å². The summed E-state index contributed by atoms with van der Waals surface area (Å²) in [5.41, 5.74) is 0. The summed E-state index contributed by atoms with van der Waals surface area (Å²) < 4.78 is 0. The first-order valence-electron chi connectivity index (χ1n) is 9.15. The molecule has 16 heteroatoms. The van der Waals surface area contributed by atoms with Gasteiger partial charge in [0.25, 0.3) is 0 Å². The number of carbonyl (C=O) groups excluding carboxylic acids is 3. The van der Waals surface area contributed by atoms with Gasteiger partial charge in [-0.3, -0.25) is 24.0 Å². The number of rotatable bonds is 15. The van der Waals surface area contributed by atoms with Gasteiger partial charge in [-0.2, -0.15) is 0 Å². The zero-order chi connectivity index (χ0) is 25.9. The third kappa shape index (κ3) is 11.7. The summed E-state index contributed by atoms with van der Waals surface area (Å²) in [4.78, 5) is 90.6. The van der Waals surface area contributed by atoms with Crippen LogP contribution in [0.15, 0.2) is 0 Å². The van der Waals surface area contributed by atoms with Crippen molar-refractivity contribution >= 4 is 47.6 Å². The van der Waals surface area contributed by atoms with Crippen LogP contribution < -0.4 is 16.0 Å². The second-order valence-corrected chi connectivity index (χ2v) is 6.82. The second-order valence-electron chi connectivity index (χ2n) is 6.82. The lowest BCUT2D eigenvalue weighted by atomic mass is 10.1. The third-order valence-corrected chi connectivity index (χ3v) is 3.97. The van der Waals surface area contributed by atoms with Crippen LogP contribution >= 0.6 is 0 Å². The lowest BCUT2D eigenvalue weighted by Crippen LogP contribution is -2.50. The smallest absolute Gasteiger partial charge is 0.326 e. The minimum atomic E-state index is -1.94. The largest absolute Gasteiger partial charge is 0.481 e. The molecule has 0 saturated carbocycles. The molecule has 0 rings (SSSR count). The number of carboxylic acids is 5. The van der Waals surface area contributed by atoms with E-state index < -0.39 is 97.3 Å². The van der Waals surface area contributed by atoms with E-state index in [0.717, 1.165) is 0 Å². The Hall–Kier alpha value is -4.24. The molecule has 0 radical (unpaired) electrons. The maximum absolute atomic E-state index is 12.1. The topological polar surface area (TPSA) is 274 Å². The van der Waals surface area contributed by atoms with Crippen LogP contribution in [0.25, 0.3) is 0 Å². The Morgan fingerprint density at radius 2 is 0.818 bits per heavy atom. The Morgan fingerprint density at radius 3 is 1.09 bits per heavy atom. The van der Waals surface area contributed by atoms with E-state index in [-0.39, 0.29) is 0 Å². The van der Waals surface area contributed by atoms with Crippen LogP contribution in [0.1, 0.15) is 32.6 Å². The molecular weight excluding hydrogens is 454 g/mol. The maximum Gasteiger partial charge on any atom is 0.326 e. The highest BCUT2D eigenvalue weighted by atomic mass is 16.4. The van der Waals surface area contributed by atoms with E-state index in [1.807, 2.05) is 10.6 Å². The van der Waals surface area contributed by atoms with Gasteiger partial charge in [-0.05, 0) is 0 Å². The lowest BCUT2D eigenvalue weighted by molar-refractivity contribution is -0.148. The first-order chi connectivity index (χ1) is 15.1. The molecule has 4 unspecified atom stereocenters. The van der Waals surface area contributed by atoms with Gasteiger partial charge in [-0.25, -0.2) is 14.4 Å². The number of carbonyl (C=O) groups is 8. The SMILES string of the molecule is CC(CC(=O)NC(CC(=O)NC(CC(=O)NC(CC(=O)O)C(=O)O)C(=O)O)C(=O)O)C(=O)O. The summed E-state index contributed by atoms with van der Waals surface area (Å²) >= 11 is 0. The Labute approximate surface area is 184 Å². The van der Waals surface area contributed by atoms with Crippen molar-refractivity contribution < 1.29 is 63.9 Å². The van der Waals surface area contributed by atoms with Crippen molar-refractivity contribution in [3.63, 3.8) is 0 Å². The molecule has 4 atom stereocenters.